The molecule has 1 amide bonds. The fourth-order valence-electron chi connectivity index (χ4n) is 0.769. The molecule has 0 aromatic carbocycles. The first-order chi connectivity index (χ1) is 6.50. The van der Waals surface area contributed by atoms with Crippen molar-refractivity contribution in [2.24, 2.45) is 0 Å². The fourth-order valence-corrected chi connectivity index (χ4v) is 1.75. The van der Waals surface area contributed by atoms with Crippen molar-refractivity contribution in [3.05, 3.63) is 11.1 Å². The van der Waals surface area contributed by atoms with Gasteiger partial charge in [0.1, 0.15) is 0 Å². The predicted octanol–water partition coefficient (Wildman–Crippen LogP) is 3.01. The minimum atomic E-state index is -1.05. The molecule has 3 nitrogen and oxygen atoms in total. The molecule has 1 heterocycles. The van der Waals surface area contributed by atoms with E-state index in [1.165, 1.54) is 11.3 Å². The third kappa shape index (κ3) is 3.12. The van der Waals surface area contributed by atoms with Crippen molar-refractivity contribution in [2.75, 3.05) is 5.32 Å². The van der Waals surface area contributed by atoms with Crippen molar-refractivity contribution in [1.29, 1.82) is 0 Å². The first kappa shape index (κ1) is 11.8. The SMILES string of the molecule is CC(C)c1csc(NC(=O)C(Cl)Cl)n1. The standard InChI is InChI=1S/C8H10Cl2N2OS/c1-4(2)5-3-14-8(11-5)12-7(13)6(9)10/h3-4,6H,1-2H3,(H,11,12,13). The lowest BCUT2D eigenvalue weighted by molar-refractivity contribution is -0.114. The van der Waals surface area contributed by atoms with Gasteiger partial charge < -0.3 is 0 Å². The minimum absolute atomic E-state index is 0.347. The van der Waals surface area contributed by atoms with Crippen molar-refractivity contribution < 1.29 is 4.79 Å². The van der Waals surface area contributed by atoms with Gasteiger partial charge in [0.25, 0.3) is 5.91 Å². The van der Waals surface area contributed by atoms with Crippen LogP contribution in [0.15, 0.2) is 5.38 Å². The van der Waals surface area contributed by atoms with Crippen LogP contribution in [-0.2, 0) is 4.79 Å². The van der Waals surface area contributed by atoms with Crippen LogP contribution >= 0.6 is 34.5 Å². The van der Waals surface area contributed by atoms with E-state index in [2.05, 4.69) is 10.3 Å². The highest BCUT2D eigenvalue weighted by molar-refractivity contribution is 7.14. The van der Waals surface area contributed by atoms with Gasteiger partial charge in [-0.1, -0.05) is 37.0 Å². The molecule has 14 heavy (non-hydrogen) atoms. The van der Waals surface area contributed by atoms with Crippen molar-refractivity contribution in [1.82, 2.24) is 4.98 Å². The zero-order chi connectivity index (χ0) is 10.7. The Morgan fingerprint density at radius 3 is 2.64 bits per heavy atom. The fraction of sp³-hybridized carbons (Fsp3) is 0.500. The number of aromatic nitrogens is 1. The summed E-state index contributed by atoms with van der Waals surface area (Å²) in [5, 5.41) is 4.95. The van der Waals surface area contributed by atoms with Crippen LogP contribution in [0.4, 0.5) is 5.13 Å². The maximum absolute atomic E-state index is 11.1. The first-order valence-electron chi connectivity index (χ1n) is 4.05. The molecule has 0 bridgehead atoms. The van der Waals surface area contributed by atoms with Crippen LogP contribution in [0.1, 0.15) is 25.5 Å². The molecule has 0 aliphatic heterocycles. The Balaban J connectivity index is 2.64. The molecule has 0 aliphatic carbocycles. The van der Waals surface area contributed by atoms with E-state index in [1.54, 1.807) is 0 Å². The van der Waals surface area contributed by atoms with Crippen LogP contribution in [0.3, 0.4) is 0 Å². The average Bonchev–Trinajstić information content (AvgIpc) is 2.52. The van der Waals surface area contributed by atoms with Gasteiger partial charge in [-0.25, -0.2) is 4.98 Å². The molecule has 1 aromatic heterocycles. The van der Waals surface area contributed by atoms with Crippen molar-refractivity contribution in [3.8, 4) is 0 Å². The molecule has 0 fully saturated rings. The highest BCUT2D eigenvalue weighted by Gasteiger charge is 2.13. The van der Waals surface area contributed by atoms with Gasteiger partial charge in [0.15, 0.2) is 9.97 Å². The number of anilines is 1. The quantitative estimate of drug-likeness (QED) is 0.841. The number of thiazole rings is 1. The summed E-state index contributed by atoms with van der Waals surface area (Å²) >= 11 is 12.1. The van der Waals surface area contributed by atoms with Crippen LogP contribution in [0.5, 0.6) is 0 Å². The van der Waals surface area contributed by atoms with E-state index in [-0.39, 0.29) is 0 Å². The number of alkyl halides is 2. The maximum atomic E-state index is 11.1. The van der Waals surface area contributed by atoms with Crippen molar-refractivity contribution in [3.63, 3.8) is 0 Å². The molecule has 0 aliphatic rings. The second kappa shape index (κ2) is 4.96. The zero-order valence-corrected chi connectivity index (χ0v) is 10.1. The topological polar surface area (TPSA) is 42.0 Å². The Kier molecular flexibility index (Phi) is 4.16. The monoisotopic (exact) mass is 252 g/mol. The molecular weight excluding hydrogens is 243 g/mol. The molecule has 6 heteroatoms. The van der Waals surface area contributed by atoms with Crippen molar-refractivity contribution >= 4 is 45.6 Å². The summed E-state index contributed by atoms with van der Waals surface area (Å²) in [7, 11) is 0. The van der Waals surface area contributed by atoms with E-state index in [1.807, 2.05) is 19.2 Å². The smallest absolute Gasteiger partial charge is 0.259 e. The van der Waals surface area contributed by atoms with Crippen molar-refractivity contribution in [2.45, 2.75) is 24.6 Å². The second-order valence-electron chi connectivity index (χ2n) is 3.02. The van der Waals surface area contributed by atoms with E-state index in [0.717, 1.165) is 5.69 Å². The minimum Gasteiger partial charge on any atom is -0.300 e. The van der Waals surface area contributed by atoms with Crippen LogP contribution < -0.4 is 5.32 Å². The second-order valence-corrected chi connectivity index (χ2v) is 4.98. The molecular formula is C8H10Cl2N2OS. The van der Waals surface area contributed by atoms with Gasteiger partial charge in [0, 0.05) is 5.38 Å². The van der Waals surface area contributed by atoms with Gasteiger partial charge in [0.2, 0.25) is 0 Å². The molecule has 1 rings (SSSR count). The lowest BCUT2D eigenvalue weighted by atomic mass is 10.2. The van der Waals surface area contributed by atoms with Gasteiger partial charge in [-0.2, -0.15) is 0 Å². The van der Waals surface area contributed by atoms with Crippen LogP contribution in [0.2, 0.25) is 0 Å². The summed E-state index contributed by atoms with van der Waals surface area (Å²) in [6.07, 6.45) is 0. The highest BCUT2D eigenvalue weighted by Crippen LogP contribution is 2.21. The zero-order valence-electron chi connectivity index (χ0n) is 7.75. The van der Waals surface area contributed by atoms with Gasteiger partial charge in [-0.15, -0.1) is 11.3 Å². The molecule has 0 spiro atoms. The molecule has 1 aromatic rings. The third-order valence-corrected chi connectivity index (χ3v) is 2.71. The summed E-state index contributed by atoms with van der Waals surface area (Å²) in [6.45, 7) is 4.07. The Labute approximate surface area is 96.4 Å². The summed E-state index contributed by atoms with van der Waals surface area (Å²) in [5.41, 5.74) is 0.950. The molecule has 78 valence electrons. The van der Waals surface area contributed by atoms with Crippen LogP contribution in [0.25, 0.3) is 0 Å². The Morgan fingerprint density at radius 1 is 1.57 bits per heavy atom. The molecule has 0 radical (unpaired) electrons. The van der Waals surface area contributed by atoms with Gasteiger partial charge in [0.05, 0.1) is 5.69 Å². The summed E-state index contributed by atoms with van der Waals surface area (Å²) in [4.78, 5) is 14.2. The van der Waals surface area contributed by atoms with Crippen LogP contribution in [0, 0.1) is 0 Å². The van der Waals surface area contributed by atoms with Crippen LogP contribution in [-0.4, -0.2) is 15.7 Å². The molecule has 1 N–H and O–H groups in total. The van der Waals surface area contributed by atoms with E-state index >= 15 is 0 Å². The summed E-state index contributed by atoms with van der Waals surface area (Å²) in [6, 6.07) is 0. The van der Waals surface area contributed by atoms with E-state index in [0.29, 0.717) is 11.0 Å². The first-order valence-corrected chi connectivity index (χ1v) is 5.80. The lowest BCUT2D eigenvalue weighted by Crippen LogP contribution is -2.18. The Bertz CT molecular complexity index is 325. The number of nitrogens with zero attached hydrogens (tertiary/aromatic N) is 1. The average molecular weight is 253 g/mol. The molecule has 0 atom stereocenters. The summed E-state index contributed by atoms with van der Waals surface area (Å²) in [5.74, 6) is -0.0994. The largest absolute Gasteiger partial charge is 0.300 e. The molecule has 0 saturated carbocycles. The number of hydrogen-bond donors (Lipinski definition) is 1. The van der Waals surface area contributed by atoms with Gasteiger partial charge >= 0.3 is 0 Å². The third-order valence-electron chi connectivity index (χ3n) is 1.54. The van der Waals surface area contributed by atoms with E-state index in [4.69, 9.17) is 23.2 Å². The number of amides is 1. The predicted molar refractivity (Wildman–Crippen MR) is 60.3 cm³/mol. The normalized spacial score (nSPS) is 11.0. The van der Waals surface area contributed by atoms with E-state index < -0.39 is 10.7 Å². The lowest BCUT2D eigenvalue weighted by Gasteiger charge is -2.01. The number of hydrogen-bond acceptors (Lipinski definition) is 3. The summed E-state index contributed by atoms with van der Waals surface area (Å²) < 4.78 is 0. The number of nitrogens with one attached hydrogen (secondary N) is 1. The number of carbonyl (C=O) groups excluding carboxylic acids is 1. The van der Waals surface area contributed by atoms with E-state index in [9.17, 15) is 4.79 Å². The molecule has 0 saturated heterocycles. The maximum Gasteiger partial charge on any atom is 0.259 e. The number of halogens is 2. The number of rotatable bonds is 3. The Morgan fingerprint density at radius 2 is 2.21 bits per heavy atom. The Hall–Kier alpha value is -0.320. The highest BCUT2D eigenvalue weighted by atomic mass is 35.5. The van der Waals surface area contributed by atoms with Gasteiger partial charge in [-0.3, -0.25) is 10.1 Å². The number of carbonyl (C=O) groups is 1. The molecule has 0 unspecified atom stereocenters. The van der Waals surface area contributed by atoms with Gasteiger partial charge in [-0.05, 0) is 5.92 Å².